The van der Waals surface area contributed by atoms with E-state index in [2.05, 4.69) is 25.8 Å². The Morgan fingerprint density at radius 2 is 2.06 bits per heavy atom. The third-order valence-corrected chi connectivity index (χ3v) is 4.12. The first-order valence-electron chi connectivity index (χ1n) is 6.31. The molecule has 1 aliphatic rings. The van der Waals surface area contributed by atoms with Crippen molar-refractivity contribution in [3.63, 3.8) is 0 Å². The molecular weight excluding hydrogens is 213 g/mol. The average Bonchev–Trinajstić information content (AvgIpc) is 2.65. The van der Waals surface area contributed by atoms with Crippen LogP contribution in [0.4, 0.5) is 4.39 Å². The van der Waals surface area contributed by atoms with E-state index < -0.39 is 0 Å². The van der Waals surface area contributed by atoms with E-state index in [4.69, 9.17) is 0 Å². The van der Waals surface area contributed by atoms with Gasteiger partial charge in [-0.05, 0) is 43.4 Å². The maximum atomic E-state index is 13.9. The van der Waals surface area contributed by atoms with Crippen molar-refractivity contribution in [2.24, 2.45) is 0 Å². The Bertz CT molecular complexity index is 592. The molecule has 1 aromatic carbocycles. The van der Waals surface area contributed by atoms with E-state index in [-0.39, 0.29) is 11.2 Å². The second-order valence-corrected chi connectivity index (χ2v) is 5.83. The molecule has 90 valence electrons. The first-order valence-corrected chi connectivity index (χ1v) is 6.31. The summed E-state index contributed by atoms with van der Waals surface area (Å²) >= 11 is 0. The van der Waals surface area contributed by atoms with E-state index >= 15 is 0 Å². The first-order chi connectivity index (χ1) is 8.00. The molecular formula is C15H18FN. The second-order valence-electron chi connectivity index (χ2n) is 5.83. The fourth-order valence-corrected chi connectivity index (χ4v) is 3.18. The van der Waals surface area contributed by atoms with Gasteiger partial charge in [-0.15, -0.1) is 0 Å². The van der Waals surface area contributed by atoms with E-state index in [1.54, 1.807) is 6.07 Å². The van der Waals surface area contributed by atoms with E-state index in [1.807, 2.05) is 6.07 Å². The fraction of sp³-hybridized carbons (Fsp3) is 0.467. The molecule has 3 rings (SSSR count). The van der Waals surface area contributed by atoms with Crippen LogP contribution >= 0.6 is 0 Å². The number of aromatic amines is 1. The van der Waals surface area contributed by atoms with Crippen molar-refractivity contribution < 1.29 is 4.39 Å². The molecule has 0 fully saturated rings. The van der Waals surface area contributed by atoms with Crippen molar-refractivity contribution in [3.8, 4) is 0 Å². The van der Waals surface area contributed by atoms with Gasteiger partial charge in [0.1, 0.15) is 5.82 Å². The third-order valence-electron chi connectivity index (χ3n) is 4.12. The van der Waals surface area contributed by atoms with Crippen molar-refractivity contribution in [2.45, 2.75) is 45.4 Å². The molecule has 0 atom stereocenters. The molecule has 2 heteroatoms. The summed E-state index contributed by atoms with van der Waals surface area (Å²) in [5.41, 5.74) is 4.60. The topological polar surface area (TPSA) is 15.8 Å². The van der Waals surface area contributed by atoms with Gasteiger partial charge in [0.05, 0.1) is 5.52 Å². The van der Waals surface area contributed by atoms with Crippen molar-refractivity contribution >= 4 is 10.9 Å². The highest BCUT2D eigenvalue weighted by Crippen LogP contribution is 2.41. The average molecular weight is 231 g/mol. The van der Waals surface area contributed by atoms with E-state index in [9.17, 15) is 4.39 Å². The molecule has 0 saturated heterocycles. The van der Waals surface area contributed by atoms with Gasteiger partial charge in [0, 0.05) is 16.5 Å². The highest BCUT2D eigenvalue weighted by molar-refractivity contribution is 5.89. The predicted octanol–water partition coefficient (Wildman–Crippen LogP) is 4.23. The normalized spacial score (nSPS) is 18.4. The zero-order chi connectivity index (χ0) is 12.2. The standard InChI is InChI=1S/C15H18FN/c1-9-6-7-11(16)13-12(9)10-5-4-8-15(2,3)14(10)17-13/h6-7,17H,4-5,8H2,1-3H3. The lowest BCUT2D eigenvalue weighted by molar-refractivity contribution is 0.423. The van der Waals surface area contributed by atoms with Crippen LogP contribution in [0, 0.1) is 12.7 Å². The molecule has 0 aliphatic heterocycles. The van der Waals surface area contributed by atoms with Crippen LogP contribution in [0.15, 0.2) is 12.1 Å². The zero-order valence-corrected chi connectivity index (χ0v) is 10.7. The van der Waals surface area contributed by atoms with Crippen LogP contribution in [0.3, 0.4) is 0 Å². The molecule has 0 bridgehead atoms. The number of halogens is 1. The largest absolute Gasteiger partial charge is 0.355 e. The van der Waals surface area contributed by atoms with Gasteiger partial charge >= 0.3 is 0 Å². The molecule has 1 aliphatic carbocycles. The summed E-state index contributed by atoms with van der Waals surface area (Å²) in [6, 6.07) is 3.44. The van der Waals surface area contributed by atoms with Crippen LogP contribution in [-0.2, 0) is 11.8 Å². The molecule has 0 spiro atoms. The molecule has 17 heavy (non-hydrogen) atoms. The lowest BCUT2D eigenvalue weighted by Gasteiger charge is -2.29. The van der Waals surface area contributed by atoms with Crippen LogP contribution in [0.1, 0.15) is 43.5 Å². The number of aromatic nitrogens is 1. The smallest absolute Gasteiger partial charge is 0.147 e. The number of aryl methyl sites for hydroxylation is 2. The predicted molar refractivity (Wildman–Crippen MR) is 69.0 cm³/mol. The molecule has 1 N–H and O–H groups in total. The Labute approximate surface area is 101 Å². The van der Waals surface area contributed by atoms with Crippen LogP contribution in [-0.4, -0.2) is 4.98 Å². The molecule has 0 unspecified atom stereocenters. The second kappa shape index (κ2) is 3.34. The van der Waals surface area contributed by atoms with Gasteiger partial charge in [0.2, 0.25) is 0 Å². The number of rotatable bonds is 0. The molecule has 0 amide bonds. The summed E-state index contributed by atoms with van der Waals surface area (Å²) in [6.45, 7) is 6.55. The summed E-state index contributed by atoms with van der Waals surface area (Å²) in [5.74, 6) is -0.129. The van der Waals surface area contributed by atoms with Gasteiger partial charge < -0.3 is 4.98 Å². The number of fused-ring (bicyclic) bond motifs is 3. The lowest BCUT2D eigenvalue weighted by atomic mass is 9.76. The molecule has 2 aromatic rings. The summed E-state index contributed by atoms with van der Waals surface area (Å²) in [4.78, 5) is 3.34. The monoisotopic (exact) mass is 231 g/mol. The van der Waals surface area contributed by atoms with Crippen molar-refractivity contribution in [1.82, 2.24) is 4.98 Å². The molecule has 1 heterocycles. The summed E-state index contributed by atoms with van der Waals surface area (Å²) < 4.78 is 13.9. The van der Waals surface area contributed by atoms with E-state index in [0.29, 0.717) is 5.52 Å². The quantitative estimate of drug-likeness (QED) is 0.698. The minimum atomic E-state index is -0.129. The van der Waals surface area contributed by atoms with Crippen molar-refractivity contribution in [1.29, 1.82) is 0 Å². The van der Waals surface area contributed by atoms with Gasteiger partial charge in [-0.3, -0.25) is 0 Å². The summed E-state index contributed by atoms with van der Waals surface area (Å²) in [5, 5.41) is 1.12. The van der Waals surface area contributed by atoms with Crippen LogP contribution in [0.5, 0.6) is 0 Å². The molecule has 0 radical (unpaired) electrons. The van der Waals surface area contributed by atoms with Crippen molar-refractivity contribution in [2.75, 3.05) is 0 Å². The lowest BCUT2D eigenvalue weighted by Crippen LogP contribution is -2.23. The highest BCUT2D eigenvalue weighted by Gasteiger charge is 2.31. The number of H-pyrrole nitrogens is 1. The first kappa shape index (κ1) is 10.8. The van der Waals surface area contributed by atoms with Gasteiger partial charge in [0.15, 0.2) is 0 Å². The van der Waals surface area contributed by atoms with Crippen LogP contribution < -0.4 is 0 Å². The minimum Gasteiger partial charge on any atom is -0.355 e. The third kappa shape index (κ3) is 1.43. The number of hydrogen-bond donors (Lipinski definition) is 1. The Hall–Kier alpha value is -1.31. The SMILES string of the molecule is Cc1ccc(F)c2[nH]c3c(c12)CCCC3(C)C. The molecule has 1 nitrogen and oxygen atoms in total. The van der Waals surface area contributed by atoms with Crippen LogP contribution in [0.25, 0.3) is 10.9 Å². The Morgan fingerprint density at radius 3 is 2.82 bits per heavy atom. The Morgan fingerprint density at radius 1 is 1.29 bits per heavy atom. The minimum absolute atomic E-state index is 0.129. The van der Waals surface area contributed by atoms with E-state index in [1.165, 1.54) is 29.7 Å². The van der Waals surface area contributed by atoms with Gasteiger partial charge in [0.25, 0.3) is 0 Å². The molecule has 1 aromatic heterocycles. The maximum absolute atomic E-state index is 13.9. The van der Waals surface area contributed by atoms with E-state index in [0.717, 1.165) is 11.8 Å². The molecule has 0 saturated carbocycles. The van der Waals surface area contributed by atoms with Crippen LogP contribution in [0.2, 0.25) is 0 Å². The van der Waals surface area contributed by atoms with Crippen molar-refractivity contribution in [3.05, 3.63) is 34.8 Å². The van der Waals surface area contributed by atoms with Gasteiger partial charge in [-0.25, -0.2) is 4.39 Å². The maximum Gasteiger partial charge on any atom is 0.147 e. The Balaban J connectivity index is 2.42. The summed E-state index contributed by atoms with van der Waals surface area (Å²) in [7, 11) is 0. The number of hydrogen-bond acceptors (Lipinski definition) is 0. The van der Waals surface area contributed by atoms with Gasteiger partial charge in [-0.1, -0.05) is 19.9 Å². The number of nitrogens with one attached hydrogen (secondary N) is 1. The van der Waals surface area contributed by atoms with Gasteiger partial charge in [-0.2, -0.15) is 0 Å². The number of benzene rings is 1. The summed E-state index contributed by atoms with van der Waals surface area (Å²) in [6.07, 6.45) is 3.44. The zero-order valence-electron chi connectivity index (χ0n) is 10.7. The fourth-order valence-electron chi connectivity index (χ4n) is 3.18. The highest BCUT2D eigenvalue weighted by atomic mass is 19.1. The Kier molecular flexibility index (Phi) is 2.13.